The molecule has 0 radical (unpaired) electrons. The fraction of sp³-hybridized carbons (Fsp3) is 0.0625. The summed E-state index contributed by atoms with van der Waals surface area (Å²) in [5.41, 5.74) is 3.72. The number of halogens is 2. The summed E-state index contributed by atoms with van der Waals surface area (Å²) in [7, 11) is 0. The van der Waals surface area contributed by atoms with E-state index in [2.05, 4.69) is 15.9 Å². The molecule has 0 atom stereocenters. The first-order valence-corrected chi connectivity index (χ1v) is 7.10. The van der Waals surface area contributed by atoms with E-state index in [1.165, 1.54) is 0 Å². The van der Waals surface area contributed by atoms with Gasteiger partial charge in [-0.25, -0.2) is 0 Å². The van der Waals surface area contributed by atoms with Crippen LogP contribution >= 0.6 is 27.5 Å². The highest BCUT2D eigenvalue weighted by molar-refractivity contribution is 9.10. The first-order valence-electron chi connectivity index (χ1n) is 5.93. The van der Waals surface area contributed by atoms with E-state index in [1.54, 1.807) is 0 Å². The van der Waals surface area contributed by atoms with Gasteiger partial charge >= 0.3 is 0 Å². The smallest absolute Gasteiger partial charge is 0.189 e. The molecule has 1 aliphatic rings. The van der Waals surface area contributed by atoms with Crippen LogP contribution in [0, 0.1) is 0 Å². The molecule has 2 aromatic carbocycles. The van der Waals surface area contributed by atoms with Gasteiger partial charge in [0, 0.05) is 27.1 Å². The van der Waals surface area contributed by atoms with Crippen LogP contribution in [0.2, 0.25) is 5.02 Å². The van der Waals surface area contributed by atoms with E-state index in [0.717, 1.165) is 26.7 Å². The molecule has 3 rings (SSSR count). The lowest BCUT2D eigenvalue weighted by molar-refractivity contribution is 0.104. The number of carbonyl (C=O) groups excluding carboxylic acids is 1. The van der Waals surface area contributed by atoms with Crippen LogP contribution in [0.25, 0.3) is 6.08 Å². The van der Waals surface area contributed by atoms with Crippen molar-refractivity contribution >= 4 is 39.4 Å². The second-order valence-corrected chi connectivity index (χ2v) is 5.88. The summed E-state index contributed by atoms with van der Waals surface area (Å²) in [4.78, 5) is 12.3. The van der Waals surface area contributed by atoms with Gasteiger partial charge in [0.1, 0.15) is 0 Å². The average molecular weight is 334 g/mol. The Hall–Kier alpha value is -1.38. The second kappa shape index (κ2) is 4.95. The second-order valence-electron chi connectivity index (χ2n) is 4.53. The molecule has 94 valence electrons. The van der Waals surface area contributed by atoms with Gasteiger partial charge in [-0.2, -0.15) is 0 Å². The zero-order valence-corrected chi connectivity index (χ0v) is 12.3. The van der Waals surface area contributed by atoms with E-state index < -0.39 is 0 Å². The lowest BCUT2D eigenvalue weighted by Gasteiger charge is -1.97. The molecule has 0 N–H and O–H groups in total. The number of ketones is 1. The number of rotatable bonds is 1. The van der Waals surface area contributed by atoms with Crippen molar-refractivity contribution < 1.29 is 4.79 Å². The summed E-state index contributed by atoms with van der Waals surface area (Å²) in [5.74, 6) is 0.123. The molecule has 0 unspecified atom stereocenters. The first-order chi connectivity index (χ1) is 9.13. The Morgan fingerprint density at radius 3 is 2.58 bits per heavy atom. The Kier molecular flexibility index (Phi) is 3.29. The molecule has 0 spiro atoms. The van der Waals surface area contributed by atoms with Crippen LogP contribution in [0.4, 0.5) is 0 Å². The molecular weight excluding hydrogens is 324 g/mol. The van der Waals surface area contributed by atoms with Crippen LogP contribution in [-0.2, 0) is 6.42 Å². The van der Waals surface area contributed by atoms with Gasteiger partial charge in [0.05, 0.1) is 0 Å². The van der Waals surface area contributed by atoms with Crippen molar-refractivity contribution in [2.45, 2.75) is 6.42 Å². The van der Waals surface area contributed by atoms with Gasteiger partial charge in [0.2, 0.25) is 0 Å². The molecule has 1 nitrogen and oxygen atoms in total. The maximum absolute atomic E-state index is 12.3. The lowest BCUT2D eigenvalue weighted by atomic mass is 10.1. The van der Waals surface area contributed by atoms with Crippen LogP contribution < -0.4 is 0 Å². The van der Waals surface area contributed by atoms with E-state index in [9.17, 15) is 4.79 Å². The minimum Gasteiger partial charge on any atom is -0.289 e. The van der Waals surface area contributed by atoms with E-state index in [0.29, 0.717) is 11.4 Å². The van der Waals surface area contributed by atoms with Crippen molar-refractivity contribution in [3.8, 4) is 0 Å². The molecule has 19 heavy (non-hydrogen) atoms. The van der Waals surface area contributed by atoms with Crippen molar-refractivity contribution in [3.05, 3.63) is 74.2 Å². The topological polar surface area (TPSA) is 17.1 Å². The highest BCUT2D eigenvalue weighted by atomic mass is 79.9. The highest BCUT2D eigenvalue weighted by Crippen LogP contribution is 2.30. The zero-order valence-electron chi connectivity index (χ0n) is 9.99. The van der Waals surface area contributed by atoms with Crippen molar-refractivity contribution in [1.29, 1.82) is 0 Å². The Balaban J connectivity index is 1.97. The molecule has 2 aromatic rings. The van der Waals surface area contributed by atoms with Gasteiger partial charge in [-0.05, 0) is 47.5 Å². The molecule has 0 amide bonds. The molecule has 0 saturated carbocycles. The van der Waals surface area contributed by atoms with Gasteiger partial charge < -0.3 is 0 Å². The zero-order chi connectivity index (χ0) is 13.4. The molecular formula is C16H10BrClO. The van der Waals surface area contributed by atoms with E-state index in [4.69, 9.17) is 11.6 Å². The quantitative estimate of drug-likeness (QED) is 0.677. The molecule has 1 aliphatic carbocycles. The van der Waals surface area contributed by atoms with Crippen LogP contribution in [0.3, 0.4) is 0 Å². The van der Waals surface area contributed by atoms with Gasteiger partial charge in [-0.3, -0.25) is 4.79 Å². The van der Waals surface area contributed by atoms with Crippen LogP contribution in [0.1, 0.15) is 21.5 Å². The fourth-order valence-corrected chi connectivity index (χ4v) is 2.80. The molecule has 0 saturated heterocycles. The predicted molar refractivity (Wildman–Crippen MR) is 81.6 cm³/mol. The average Bonchev–Trinajstić information content (AvgIpc) is 2.68. The van der Waals surface area contributed by atoms with Crippen molar-refractivity contribution in [1.82, 2.24) is 0 Å². The number of hydrogen-bond donors (Lipinski definition) is 0. The number of fused-ring (bicyclic) bond motifs is 1. The third-order valence-electron chi connectivity index (χ3n) is 3.20. The highest BCUT2D eigenvalue weighted by Gasteiger charge is 2.24. The molecule has 0 bridgehead atoms. The normalized spacial score (nSPS) is 15.9. The standard InChI is InChI=1S/C16H10BrClO/c17-13-3-6-15-11(9-13)8-12(16(15)19)7-10-1-4-14(18)5-2-10/h1-7,9H,8H2/b12-7+. The summed E-state index contributed by atoms with van der Waals surface area (Å²) in [6.07, 6.45) is 2.63. The summed E-state index contributed by atoms with van der Waals surface area (Å²) in [6, 6.07) is 13.3. The van der Waals surface area contributed by atoms with Gasteiger partial charge in [-0.1, -0.05) is 39.7 Å². The number of benzene rings is 2. The summed E-state index contributed by atoms with van der Waals surface area (Å²) in [5, 5.41) is 0.701. The number of Topliss-reactive ketones (excluding diaryl/α,β-unsaturated/α-hetero) is 1. The number of allylic oxidation sites excluding steroid dienone is 1. The van der Waals surface area contributed by atoms with Gasteiger partial charge in [0.25, 0.3) is 0 Å². The predicted octanol–water partition coefficient (Wildman–Crippen LogP) is 4.92. The van der Waals surface area contributed by atoms with Gasteiger partial charge in [0.15, 0.2) is 5.78 Å². The number of hydrogen-bond acceptors (Lipinski definition) is 1. The summed E-state index contributed by atoms with van der Waals surface area (Å²) in [6.45, 7) is 0. The largest absolute Gasteiger partial charge is 0.289 e. The van der Waals surface area contributed by atoms with Crippen LogP contribution in [0.15, 0.2) is 52.5 Å². The monoisotopic (exact) mass is 332 g/mol. The van der Waals surface area contributed by atoms with E-state index >= 15 is 0 Å². The first kappa shape index (κ1) is 12.6. The Morgan fingerprint density at radius 1 is 1.11 bits per heavy atom. The van der Waals surface area contributed by atoms with E-state index in [1.807, 2.05) is 48.5 Å². The molecule has 0 heterocycles. The Bertz CT molecular complexity index is 686. The van der Waals surface area contributed by atoms with Gasteiger partial charge in [-0.15, -0.1) is 0 Å². The maximum Gasteiger partial charge on any atom is 0.189 e. The SMILES string of the molecule is O=C1/C(=C/c2ccc(Cl)cc2)Cc2cc(Br)ccc21. The van der Waals surface area contributed by atoms with E-state index in [-0.39, 0.29) is 5.78 Å². The minimum atomic E-state index is 0.123. The van der Waals surface area contributed by atoms with Crippen molar-refractivity contribution in [2.24, 2.45) is 0 Å². The summed E-state index contributed by atoms with van der Waals surface area (Å²) < 4.78 is 1.01. The Labute approximate surface area is 125 Å². The van der Waals surface area contributed by atoms with Crippen LogP contribution in [-0.4, -0.2) is 5.78 Å². The third kappa shape index (κ3) is 2.51. The molecule has 3 heteroatoms. The van der Waals surface area contributed by atoms with Crippen molar-refractivity contribution in [3.63, 3.8) is 0 Å². The lowest BCUT2D eigenvalue weighted by Crippen LogP contribution is -1.94. The fourth-order valence-electron chi connectivity index (χ4n) is 2.27. The summed E-state index contributed by atoms with van der Waals surface area (Å²) >= 11 is 9.29. The Morgan fingerprint density at radius 2 is 1.84 bits per heavy atom. The minimum absolute atomic E-state index is 0.123. The maximum atomic E-state index is 12.3. The van der Waals surface area contributed by atoms with Crippen molar-refractivity contribution in [2.75, 3.05) is 0 Å². The molecule has 0 aromatic heterocycles. The molecule has 0 fully saturated rings. The molecule has 0 aliphatic heterocycles. The third-order valence-corrected chi connectivity index (χ3v) is 3.94. The number of carbonyl (C=O) groups is 1. The van der Waals surface area contributed by atoms with Crippen LogP contribution in [0.5, 0.6) is 0 Å².